The third-order valence-electron chi connectivity index (χ3n) is 4.58. The summed E-state index contributed by atoms with van der Waals surface area (Å²) in [5, 5.41) is 20.5. The highest BCUT2D eigenvalue weighted by Gasteiger charge is 2.27. The smallest absolute Gasteiger partial charge is 0.355 e. The first-order valence-corrected chi connectivity index (χ1v) is 9.97. The van der Waals surface area contributed by atoms with Crippen molar-refractivity contribution in [2.24, 2.45) is 4.99 Å². The molecule has 0 aliphatic carbocycles. The van der Waals surface area contributed by atoms with Gasteiger partial charge in [-0.05, 0) is 42.6 Å². The number of hydrogen-bond donors (Lipinski definition) is 2. The van der Waals surface area contributed by atoms with Crippen molar-refractivity contribution in [1.82, 2.24) is 4.57 Å². The van der Waals surface area contributed by atoms with E-state index in [0.29, 0.717) is 42.8 Å². The van der Waals surface area contributed by atoms with E-state index < -0.39 is 5.97 Å². The lowest BCUT2D eigenvalue weighted by Gasteiger charge is -2.07. The molecule has 0 amide bonds. The summed E-state index contributed by atoms with van der Waals surface area (Å²) in [6.45, 7) is 0. The Kier molecular flexibility index (Phi) is 5.15. The van der Waals surface area contributed by atoms with Gasteiger partial charge in [0.1, 0.15) is 11.5 Å². The van der Waals surface area contributed by atoms with Gasteiger partial charge in [-0.2, -0.15) is 0 Å². The third-order valence-corrected chi connectivity index (χ3v) is 5.89. The highest BCUT2D eigenvalue weighted by Crippen LogP contribution is 2.41. The third kappa shape index (κ3) is 3.38. The maximum atomic E-state index is 11.8. The van der Waals surface area contributed by atoms with E-state index in [9.17, 15) is 15.0 Å². The number of aromatic hydroxyl groups is 1. The van der Waals surface area contributed by atoms with E-state index in [0.717, 1.165) is 0 Å². The molecule has 0 atom stereocenters. The maximum absolute atomic E-state index is 11.8. The first-order chi connectivity index (χ1) is 14.4. The van der Waals surface area contributed by atoms with Crippen LogP contribution >= 0.6 is 23.6 Å². The second-order valence-electron chi connectivity index (χ2n) is 6.30. The summed E-state index contributed by atoms with van der Waals surface area (Å²) < 4.78 is 12.4. The molecule has 0 unspecified atom stereocenters. The van der Waals surface area contributed by atoms with Crippen LogP contribution < -0.4 is 9.47 Å². The van der Waals surface area contributed by atoms with Gasteiger partial charge in [-0.25, -0.2) is 9.79 Å². The summed E-state index contributed by atoms with van der Waals surface area (Å²) in [7, 11) is 3.09. The zero-order valence-corrected chi connectivity index (χ0v) is 17.6. The Bertz CT molecular complexity index is 1290. The predicted molar refractivity (Wildman–Crippen MR) is 118 cm³/mol. The molecule has 0 radical (unpaired) electrons. The number of nitrogens with zero attached hydrogens (tertiary/aromatic N) is 2. The van der Waals surface area contributed by atoms with Gasteiger partial charge in [0.15, 0.2) is 9.67 Å². The minimum Gasteiger partial charge on any atom is -0.497 e. The fraction of sp³-hybridized carbons (Fsp3) is 0.0952. The number of thiazole rings is 1. The minimum absolute atomic E-state index is 0.0857. The van der Waals surface area contributed by atoms with Gasteiger partial charge >= 0.3 is 5.97 Å². The van der Waals surface area contributed by atoms with Gasteiger partial charge in [-0.3, -0.25) is 4.57 Å². The first-order valence-electron chi connectivity index (χ1n) is 8.74. The minimum atomic E-state index is -1.16. The zero-order valence-electron chi connectivity index (χ0n) is 15.9. The maximum Gasteiger partial charge on any atom is 0.355 e. The molecule has 2 N–H and O–H groups in total. The first kappa shape index (κ1) is 19.9. The molecule has 30 heavy (non-hydrogen) atoms. The topological polar surface area (TPSA) is 93.3 Å². The van der Waals surface area contributed by atoms with E-state index in [1.54, 1.807) is 55.7 Å². The molecule has 7 nitrogen and oxygen atoms in total. The van der Waals surface area contributed by atoms with Crippen molar-refractivity contribution in [2.75, 3.05) is 14.2 Å². The van der Waals surface area contributed by atoms with Crippen LogP contribution in [0.2, 0.25) is 0 Å². The lowest BCUT2D eigenvalue weighted by Crippen LogP contribution is -2.11. The van der Waals surface area contributed by atoms with Crippen LogP contribution in [0.4, 0.5) is 5.69 Å². The van der Waals surface area contributed by atoms with Gasteiger partial charge in [0.25, 0.3) is 0 Å². The molecule has 0 spiro atoms. The Hall–Kier alpha value is -3.43. The summed E-state index contributed by atoms with van der Waals surface area (Å²) in [5.41, 5.74) is 2.06. The average molecular weight is 441 g/mol. The van der Waals surface area contributed by atoms with Crippen LogP contribution in [0.15, 0.2) is 47.5 Å². The number of ether oxygens (including phenoxy) is 2. The van der Waals surface area contributed by atoms with Gasteiger partial charge in [0.05, 0.1) is 30.5 Å². The number of carboxylic acid groups (broad SMARTS) is 1. The molecule has 4 rings (SSSR count). The predicted octanol–water partition coefficient (Wildman–Crippen LogP) is 4.70. The van der Waals surface area contributed by atoms with Crippen LogP contribution in [0.25, 0.3) is 17.3 Å². The Morgan fingerprint density at radius 3 is 2.60 bits per heavy atom. The van der Waals surface area contributed by atoms with Crippen LogP contribution in [0.1, 0.15) is 10.4 Å². The Labute approximate surface area is 180 Å². The lowest BCUT2D eigenvalue weighted by molar-refractivity contribution is -0.129. The fourth-order valence-electron chi connectivity index (χ4n) is 3.16. The van der Waals surface area contributed by atoms with Gasteiger partial charge < -0.3 is 19.7 Å². The molecule has 2 aromatic carbocycles. The molecule has 0 bridgehead atoms. The summed E-state index contributed by atoms with van der Waals surface area (Å²) in [5.74, 6) is -0.0470. The van der Waals surface area contributed by atoms with E-state index in [1.165, 1.54) is 23.0 Å². The lowest BCUT2D eigenvalue weighted by atomic mass is 10.0. The molecule has 2 heterocycles. The number of hydrogen-bond acceptors (Lipinski definition) is 7. The van der Waals surface area contributed by atoms with Crippen LogP contribution in [0, 0.1) is 3.95 Å². The van der Waals surface area contributed by atoms with Crippen LogP contribution in [-0.2, 0) is 4.79 Å². The number of aliphatic carboxylic acids is 1. The van der Waals surface area contributed by atoms with E-state index in [4.69, 9.17) is 21.7 Å². The molecule has 0 fully saturated rings. The average Bonchev–Trinajstić information content (AvgIpc) is 3.24. The van der Waals surface area contributed by atoms with Crippen LogP contribution in [-0.4, -0.2) is 40.7 Å². The fourth-order valence-corrected chi connectivity index (χ4v) is 4.45. The summed E-state index contributed by atoms with van der Waals surface area (Å²) >= 11 is 6.61. The molecular formula is C21H16N2O5S2. The van der Waals surface area contributed by atoms with Gasteiger partial charge in [0, 0.05) is 23.3 Å². The second kappa shape index (κ2) is 7.77. The van der Waals surface area contributed by atoms with Gasteiger partial charge in [0.2, 0.25) is 5.88 Å². The second-order valence-corrected chi connectivity index (χ2v) is 7.98. The van der Waals surface area contributed by atoms with Crippen molar-refractivity contribution >= 4 is 52.6 Å². The summed E-state index contributed by atoms with van der Waals surface area (Å²) in [4.78, 5) is 16.4. The van der Waals surface area contributed by atoms with E-state index in [2.05, 4.69) is 4.99 Å². The van der Waals surface area contributed by atoms with Crippen molar-refractivity contribution in [3.63, 3.8) is 0 Å². The molecule has 1 aliphatic heterocycles. The number of aromatic nitrogens is 1. The Balaban J connectivity index is 1.85. The number of fused-ring (bicyclic) bond motifs is 1. The van der Waals surface area contributed by atoms with Crippen molar-refractivity contribution in [1.29, 1.82) is 0 Å². The number of benzene rings is 2. The molecule has 152 valence electrons. The largest absolute Gasteiger partial charge is 0.497 e. The number of rotatable bonds is 5. The van der Waals surface area contributed by atoms with Gasteiger partial charge in [-0.15, -0.1) is 11.3 Å². The molecule has 1 aromatic heterocycles. The Morgan fingerprint density at radius 2 is 1.90 bits per heavy atom. The molecule has 1 aliphatic rings. The quantitative estimate of drug-likeness (QED) is 0.559. The van der Waals surface area contributed by atoms with Crippen LogP contribution in [0.3, 0.4) is 0 Å². The van der Waals surface area contributed by atoms with Crippen molar-refractivity contribution in [3.05, 3.63) is 56.9 Å². The monoisotopic (exact) mass is 440 g/mol. The molecular weight excluding hydrogens is 424 g/mol. The van der Waals surface area contributed by atoms with Gasteiger partial charge in [-0.1, -0.05) is 6.07 Å². The number of carbonyl (C=O) groups is 1. The standard InChI is InChI=1S/C21H16N2O5S2/c1-27-12-5-3-4-11(8-12)23-19(24)17(30-21(23)29)10-15-14-7-6-13(28-2)9-16(14)22-18(15)20(25)26/h3-10,24H,1-2H3,(H,25,26). The highest BCUT2D eigenvalue weighted by molar-refractivity contribution is 7.73. The number of carboxylic acids is 1. The van der Waals surface area contributed by atoms with E-state index in [1.807, 2.05) is 0 Å². The summed E-state index contributed by atoms with van der Waals surface area (Å²) in [6.07, 6.45) is 1.59. The van der Waals surface area contributed by atoms with Crippen molar-refractivity contribution in [2.45, 2.75) is 0 Å². The molecule has 9 heteroatoms. The number of methoxy groups -OCH3 is 2. The van der Waals surface area contributed by atoms with Crippen molar-refractivity contribution in [3.8, 4) is 23.1 Å². The van der Waals surface area contributed by atoms with E-state index in [-0.39, 0.29) is 11.6 Å². The summed E-state index contributed by atoms with van der Waals surface area (Å²) in [6, 6.07) is 12.3. The molecule has 0 saturated heterocycles. The molecule has 0 saturated carbocycles. The zero-order chi connectivity index (χ0) is 21.4. The molecule has 3 aromatic rings. The van der Waals surface area contributed by atoms with Crippen molar-refractivity contribution < 1.29 is 24.5 Å². The number of aliphatic imine (C=N–C) groups is 1. The highest BCUT2D eigenvalue weighted by atomic mass is 32.1. The Morgan fingerprint density at radius 1 is 1.17 bits per heavy atom. The normalized spacial score (nSPS) is 13.8. The van der Waals surface area contributed by atoms with E-state index >= 15 is 0 Å². The van der Waals surface area contributed by atoms with Crippen LogP contribution in [0.5, 0.6) is 17.4 Å². The SMILES string of the molecule is COc1cccc(-n2c(O)c(C=C3C(C(=O)O)=Nc4cc(OC)ccc43)sc2=S)c1.